The number of hydrogen-bond donors (Lipinski definition) is 0. The molecular weight excluding hydrogens is 334 g/mol. The molecule has 0 rings (SSSR count). The number of ether oxygens (including phenoxy) is 1. The second-order valence-electron chi connectivity index (χ2n) is 8.18. The molecule has 27 heavy (non-hydrogen) atoms. The van der Waals surface area contributed by atoms with Crippen molar-refractivity contribution in [3.05, 3.63) is 12.2 Å². The summed E-state index contributed by atoms with van der Waals surface area (Å²) in [6.07, 6.45) is 23.4. The molecule has 0 N–H and O–H groups in total. The number of nitrogens with zero attached hydrogens (tertiary/aromatic N) is 1. The van der Waals surface area contributed by atoms with Crippen LogP contribution in [0.5, 0.6) is 0 Å². The van der Waals surface area contributed by atoms with E-state index in [1.165, 1.54) is 83.5 Å². The maximum Gasteiger partial charge on any atom is 0.307 e. The standard InChI is InChI=1S/C24H47NO2/c1-5-6-7-8-9-10-11-12-13-14-15-16-17-18-19-20-21-27-24(26)22-23(2)25(3)4/h12-13,23H,5-11,14-22H2,1-4H3/b13-12-. The van der Waals surface area contributed by atoms with E-state index in [0.29, 0.717) is 13.0 Å². The Morgan fingerprint density at radius 3 is 1.81 bits per heavy atom. The van der Waals surface area contributed by atoms with Crippen LogP contribution in [0.25, 0.3) is 0 Å². The third-order valence-electron chi connectivity index (χ3n) is 5.26. The summed E-state index contributed by atoms with van der Waals surface area (Å²) in [5.41, 5.74) is 0. The van der Waals surface area contributed by atoms with Crippen LogP contribution in [0.2, 0.25) is 0 Å². The van der Waals surface area contributed by atoms with Crippen molar-refractivity contribution in [3.8, 4) is 0 Å². The number of allylic oxidation sites excluding steroid dienone is 2. The number of carbonyl (C=O) groups is 1. The average molecular weight is 382 g/mol. The van der Waals surface area contributed by atoms with Crippen molar-refractivity contribution in [3.63, 3.8) is 0 Å². The molecule has 3 nitrogen and oxygen atoms in total. The fourth-order valence-corrected chi connectivity index (χ4v) is 3.02. The number of hydrogen-bond acceptors (Lipinski definition) is 3. The summed E-state index contributed by atoms with van der Waals surface area (Å²) in [7, 11) is 3.98. The first-order valence-corrected chi connectivity index (χ1v) is 11.5. The van der Waals surface area contributed by atoms with Crippen LogP contribution in [0.3, 0.4) is 0 Å². The largest absolute Gasteiger partial charge is 0.466 e. The van der Waals surface area contributed by atoms with Crippen molar-refractivity contribution in [1.82, 2.24) is 4.90 Å². The SMILES string of the molecule is CCCCCCCC/C=C\CCCCCCCCOC(=O)CC(C)N(C)C. The van der Waals surface area contributed by atoms with E-state index in [2.05, 4.69) is 19.1 Å². The minimum absolute atomic E-state index is 0.0658. The summed E-state index contributed by atoms with van der Waals surface area (Å²) in [5, 5.41) is 0. The van der Waals surface area contributed by atoms with Crippen molar-refractivity contribution in [2.45, 2.75) is 116 Å². The zero-order valence-corrected chi connectivity index (χ0v) is 18.8. The molecule has 0 aliphatic heterocycles. The lowest BCUT2D eigenvalue weighted by Crippen LogP contribution is -2.28. The minimum atomic E-state index is -0.0658. The molecule has 0 aromatic carbocycles. The molecule has 0 aromatic rings. The molecule has 3 heteroatoms. The summed E-state index contributed by atoms with van der Waals surface area (Å²) in [4.78, 5) is 13.7. The van der Waals surface area contributed by atoms with Gasteiger partial charge in [0.2, 0.25) is 0 Å². The van der Waals surface area contributed by atoms with E-state index < -0.39 is 0 Å². The number of unbranched alkanes of at least 4 members (excludes halogenated alkanes) is 12. The summed E-state index contributed by atoms with van der Waals surface area (Å²) in [6, 6.07) is 0.248. The molecule has 1 unspecified atom stereocenters. The Hall–Kier alpha value is -0.830. The first-order chi connectivity index (χ1) is 13.1. The maximum absolute atomic E-state index is 11.7. The van der Waals surface area contributed by atoms with Crippen LogP contribution in [-0.4, -0.2) is 37.6 Å². The first-order valence-electron chi connectivity index (χ1n) is 11.5. The van der Waals surface area contributed by atoms with Crippen molar-refractivity contribution >= 4 is 5.97 Å². The molecule has 1 atom stereocenters. The van der Waals surface area contributed by atoms with Gasteiger partial charge in [-0.2, -0.15) is 0 Å². The van der Waals surface area contributed by atoms with E-state index in [0.717, 1.165) is 6.42 Å². The van der Waals surface area contributed by atoms with Gasteiger partial charge < -0.3 is 9.64 Å². The van der Waals surface area contributed by atoms with E-state index in [-0.39, 0.29) is 12.0 Å². The van der Waals surface area contributed by atoms with Gasteiger partial charge in [-0.1, -0.05) is 76.9 Å². The quantitative estimate of drug-likeness (QED) is 0.138. The maximum atomic E-state index is 11.7. The van der Waals surface area contributed by atoms with Crippen LogP contribution in [0.4, 0.5) is 0 Å². The number of carbonyl (C=O) groups excluding carboxylic acids is 1. The van der Waals surface area contributed by atoms with Crippen LogP contribution in [0.1, 0.15) is 110 Å². The lowest BCUT2D eigenvalue weighted by Gasteiger charge is -2.18. The molecular formula is C24H47NO2. The summed E-state index contributed by atoms with van der Waals surface area (Å²) in [5.74, 6) is -0.0658. The Bertz CT molecular complexity index is 352. The molecule has 160 valence electrons. The zero-order valence-electron chi connectivity index (χ0n) is 18.8. The van der Waals surface area contributed by atoms with Crippen molar-refractivity contribution < 1.29 is 9.53 Å². The molecule has 0 amide bonds. The highest BCUT2D eigenvalue weighted by Crippen LogP contribution is 2.10. The van der Waals surface area contributed by atoms with Crippen molar-refractivity contribution in [2.24, 2.45) is 0 Å². The summed E-state index contributed by atoms with van der Waals surface area (Å²) in [6.45, 7) is 4.90. The van der Waals surface area contributed by atoms with E-state index >= 15 is 0 Å². The Labute approximate surface area is 169 Å². The molecule has 0 bridgehead atoms. The second kappa shape index (κ2) is 19.9. The Kier molecular flexibility index (Phi) is 19.3. The minimum Gasteiger partial charge on any atom is -0.466 e. The fourth-order valence-electron chi connectivity index (χ4n) is 3.02. The topological polar surface area (TPSA) is 29.5 Å². The highest BCUT2D eigenvalue weighted by Gasteiger charge is 2.11. The van der Waals surface area contributed by atoms with Crippen molar-refractivity contribution in [1.29, 1.82) is 0 Å². The lowest BCUT2D eigenvalue weighted by atomic mass is 10.1. The molecule has 0 aromatic heterocycles. The molecule has 0 spiro atoms. The molecule has 0 saturated carbocycles. The lowest BCUT2D eigenvalue weighted by molar-refractivity contribution is -0.144. The van der Waals surface area contributed by atoms with Crippen LogP contribution in [0, 0.1) is 0 Å². The zero-order chi connectivity index (χ0) is 20.2. The van der Waals surface area contributed by atoms with E-state index in [1.54, 1.807) is 0 Å². The van der Waals surface area contributed by atoms with Crippen LogP contribution >= 0.6 is 0 Å². The highest BCUT2D eigenvalue weighted by molar-refractivity contribution is 5.70. The normalized spacial score (nSPS) is 12.8. The molecule has 0 radical (unpaired) electrons. The Balaban J connectivity index is 3.24. The van der Waals surface area contributed by atoms with Gasteiger partial charge in [-0.15, -0.1) is 0 Å². The summed E-state index contributed by atoms with van der Waals surface area (Å²) >= 11 is 0. The highest BCUT2D eigenvalue weighted by atomic mass is 16.5. The molecule has 0 aliphatic rings. The first kappa shape index (κ1) is 26.2. The predicted molar refractivity (Wildman–Crippen MR) is 118 cm³/mol. The van der Waals surface area contributed by atoms with Gasteiger partial charge in [0.25, 0.3) is 0 Å². The molecule has 0 fully saturated rings. The molecule has 0 heterocycles. The Morgan fingerprint density at radius 2 is 1.30 bits per heavy atom. The number of rotatable bonds is 19. The van der Waals surface area contributed by atoms with Gasteiger partial charge in [-0.05, 0) is 53.1 Å². The summed E-state index contributed by atoms with van der Waals surface area (Å²) < 4.78 is 5.31. The van der Waals surface area contributed by atoms with Crippen LogP contribution in [-0.2, 0) is 9.53 Å². The van der Waals surface area contributed by atoms with E-state index in [9.17, 15) is 4.79 Å². The van der Waals surface area contributed by atoms with Gasteiger partial charge >= 0.3 is 5.97 Å². The fraction of sp³-hybridized carbons (Fsp3) is 0.875. The van der Waals surface area contributed by atoms with Gasteiger partial charge in [0.05, 0.1) is 13.0 Å². The van der Waals surface area contributed by atoms with Crippen LogP contribution < -0.4 is 0 Å². The second-order valence-corrected chi connectivity index (χ2v) is 8.18. The van der Waals surface area contributed by atoms with Gasteiger partial charge in [-0.25, -0.2) is 0 Å². The van der Waals surface area contributed by atoms with Crippen LogP contribution in [0.15, 0.2) is 12.2 Å². The van der Waals surface area contributed by atoms with Gasteiger partial charge in [0, 0.05) is 6.04 Å². The van der Waals surface area contributed by atoms with E-state index in [4.69, 9.17) is 4.74 Å². The Morgan fingerprint density at radius 1 is 0.815 bits per heavy atom. The van der Waals surface area contributed by atoms with Gasteiger partial charge in [0.15, 0.2) is 0 Å². The van der Waals surface area contributed by atoms with Crippen molar-refractivity contribution in [2.75, 3.05) is 20.7 Å². The smallest absolute Gasteiger partial charge is 0.307 e. The average Bonchev–Trinajstić information content (AvgIpc) is 2.64. The van der Waals surface area contributed by atoms with Gasteiger partial charge in [0.1, 0.15) is 0 Å². The van der Waals surface area contributed by atoms with E-state index in [1.807, 2.05) is 25.9 Å². The molecule has 0 aliphatic carbocycles. The predicted octanol–water partition coefficient (Wildman–Crippen LogP) is 6.91. The third-order valence-corrected chi connectivity index (χ3v) is 5.26. The third kappa shape index (κ3) is 19.7. The molecule has 0 saturated heterocycles. The monoisotopic (exact) mass is 381 g/mol. The van der Waals surface area contributed by atoms with Gasteiger partial charge in [-0.3, -0.25) is 4.79 Å². The number of esters is 1.